The van der Waals surface area contributed by atoms with Gasteiger partial charge in [-0.2, -0.15) is 0 Å². The van der Waals surface area contributed by atoms with Gasteiger partial charge in [-0.1, -0.05) is 25.1 Å². The van der Waals surface area contributed by atoms with Gasteiger partial charge in [0.05, 0.1) is 0 Å². The molecule has 4 nitrogen and oxygen atoms in total. The number of rotatable bonds is 5. The van der Waals surface area contributed by atoms with E-state index >= 15 is 0 Å². The molecule has 4 heteroatoms. The first-order chi connectivity index (χ1) is 11.7. The molecule has 3 rings (SSSR count). The number of amides is 1. The van der Waals surface area contributed by atoms with Gasteiger partial charge in [-0.15, -0.1) is 0 Å². The van der Waals surface area contributed by atoms with Crippen LogP contribution in [-0.4, -0.2) is 24.8 Å². The fourth-order valence-corrected chi connectivity index (χ4v) is 2.96. The molecule has 2 aromatic rings. The Hall–Kier alpha value is -2.62. The number of Topliss-reactive ketones (excluding diaryl/α,β-unsaturated/α-hetero) is 1. The highest BCUT2D eigenvalue weighted by molar-refractivity contribution is 5.96. The lowest BCUT2D eigenvalue weighted by molar-refractivity contribution is -0.120. The van der Waals surface area contributed by atoms with Crippen molar-refractivity contribution in [2.24, 2.45) is 0 Å². The Morgan fingerprint density at radius 2 is 1.83 bits per heavy atom. The van der Waals surface area contributed by atoms with Crippen LogP contribution in [-0.2, 0) is 11.2 Å². The van der Waals surface area contributed by atoms with E-state index in [2.05, 4.69) is 6.07 Å². The molecule has 0 saturated heterocycles. The molecule has 0 aromatic heterocycles. The number of para-hydroxylation sites is 1. The maximum Gasteiger partial charge on any atom is 0.264 e. The van der Waals surface area contributed by atoms with E-state index in [1.165, 1.54) is 5.56 Å². The van der Waals surface area contributed by atoms with Gasteiger partial charge in [-0.3, -0.25) is 9.59 Å². The first-order valence-corrected chi connectivity index (χ1v) is 8.33. The van der Waals surface area contributed by atoms with E-state index in [1.54, 1.807) is 29.2 Å². The topological polar surface area (TPSA) is 46.6 Å². The third-order valence-corrected chi connectivity index (χ3v) is 4.27. The molecule has 24 heavy (non-hydrogen) atoms. The smallest absolute Gasteiger partial charge is 0.264 e. The van der Waals surface area contributed by atoms with Gasteiger partial charge in [0, 0.05) is 24.2 Å². The molecule has 0 aliphatic carbocycles. The lowest BCUT2D eigenvalue weighted by Crippen LogP contribution is -2.38. The molecule has 0 spiro atoms. The lowest BCUT2D eigenvalue weighted by Gasteiger charge is -2.29. The number of nitrogens with zero attached hydrogens (tertiary/aromatic N) is 1. The van der Waals surface area contributed by atoms with Crippen LogP contribution in [0.25, 0.3) is 0 Å². The number of carbonyl (C=O) groups excluding carboxylic acids is 2. The molecular weight excluding hydrogens is 302 g/mol. The summed E-state index contributed by atoms with van der Waals surface area (Å²) in [6.07, 6.45) is 2.46. The Balaban J connectivity index is 1.63. The van der Waals surface area contributed by atoms with Gasteiger partial charge in [0.25, 0.3) is 5.91 Å². The molecule has 0 bridgehead atoms. The summed E-state index contributed by atoms with van der Waals surface area (Å²) in [6.45, 7) is 2.56. The molecule has 124 valence electrons. The van der Waals surface area contributed by atoms with Crippen molar-refractivity contribution in [1.82, 2.24) is 0 Å². The largest absolute Gasteiger partial charge is 0.484 e. The molecule has 0 fully saturated rings. The molecule has 0 saturated carbocycles. The fraction of sp³-hybridized carbons (Fsp3) is 0.300. The molecule has 2 aromatic carbocycles. The minimum Gasteiger partial charge on any atom is -0.484 e. The van der Waals surface area contributed by atoms with Crippen molar-refractivity contribution in [1.29, 1.82) is 0 Å². The van der Waals surface area contributed by atoms with Gasteiger partial charge in [-0.05, 0) is 48.7 Å². The number of aryl methyl sites for hydroxylation is 1. The maximum atomic E-state index is 12.5. The second-order valence-corrected chi connectivity index (χ2v) is 5.87. The molecular formula is C20H21NO3. The van der Waals surface area contributed by atoms with E-state index in [4.69, 9.17) is 4.74 Å². The highest BCUT2D eigenvalue weighted by atomic mass is 16.5. The van der Waals surface area contributed by atoms with Crippen molar-refractivity contribution < 1.29 is 14.3 Å². The Bertz CT molecular complexity index is 737. The molecule has 0 atom stereocenters. The first-order valence-electron chi connectivity index (χ1n) is 8.33. The van der Waals surface area contributed by atoms with E-state index in [1.807, 2.05) is 25.1 Å². The molecule has 0 unspecified atom stereocenters. The molecule has 0 radical (unpaired) electrons. The van der Waals surface area contributed by atoms with Crippen LogP contribution < -0.4 is 9.64 Å². The number of fused-ring (bicyclic) bond motifs is 1. The number of carbonyl (C=O) groups is 2. The number of ketones is 1. The van der Waals surface area contributed by atoms with E-state index in [0.717, 1.165) is 25.1 Å². The zero-order valence-corrected chi connectivity index (χ0v) is 13.8. The summed E-state index contributed by atoms with van der Waals surface area (Å²) in [4.78, 5) is 25.9. The van der Waals surface area contributed by atoms with Crippen LogP contribution in [0.4, 0.5) is 5.69 Å². The Morgan fingerprint density at radius 3 is 2.58 bits per heavy atom. The number of hydrogen-bond donors (Lipinski definition) is 0. The number of benzene rings is 2. The summed E-state index contributed by atoms with van der Waals surface area (Å²) in [7, 11) is 0. The average molecular weight is 323 g/mol. The number of anilines is 1. The first kappa shape index (κ1) is 16.2. The minimum atomic E-state index is -0.0455. The van der Waals surface area contributed by atoms with Crippen LogP contribution in [0.15, 0.2) is 48.5 Å². The van der Waals surface area contributed by atoms with Crippen molar-refractivity contribution in [3.05, 3.63) is 59.7 Å². The predicted molar refractivity (Wildman–Crippen MR) is 93.7 cm³/mol. The molecule has 0 N–H and O–H groups in total. The molecule has 1 amide bonds. The monoisotopic (exact) mass is 323 g/mol. The third kappa shape index (κ3) is 3.48. The fourth-order valence-electron chi connectivity index (χ4n) is 2.96. The Morgan fingerprint density at radius 1 is 1.08 bits per heavy atom. The lowest BCUT2D eigenvalue weighted by atomic mass is 10.0. The van der Waals surface area contributed by atoms with Gasteiger partial charge in [0.15, 0.2) is 12.4 Å². The second kappa shape index (κ2) is 7.30. The second-order valence-electron chi connectivity index (χ2n) is 5.87. The van der Waals surface area contributed by atoms with Crippen molar-refractivity contribution in [2.75, 3.05) is 18.1 Å². The van der Waals surface area contributed by atoms with Crippen LogP contribution in [0.1, 0.15) is 35.7 Å². The summed E-state index contributed by atoms with van der Waals surface area (Å²) in [6, 6.07) is 15.0. The molecule has 1 aliphatic heterocycles. The summed E-state index contributed by atoms with van der Waals surface area (Å²) in [5, 5.41) is 0. The van der Waals surface area contributed by atoms with Crippen LogP contribution in [0, 0.1) is 0 Å². The van der Waals surface area contributed by atoms with Gasteiger partial charge < -0.3 is 9.64 Å². The predicted octanol–water partition coefficient (Wildman–Crippen LogP) is 3.64. The van der Waals surface area contributed by atoms with Crippen molar-refractivity contribution in [2.45, 2.75) is 26.2 Å². The third-order valence-electron chi connectivity index (χ3n) is 4.27. The van der Waals surface area contributed by atoms with Crippen molar-refractivity contribution in [3.63, 3.8) is 0 Å². The zero-order chi connectivity index (χ0) is 16.9. The summed E-state index contributed by atoms with van der Waals surface area (Å²) >= 11 is 0. The van der Waals surface area contributed by atoms with Gasteiger partial charge in [0.1, 0.15) is 5.75 Å². The summed E-state index contributed by atoms with van der Waals surface area (Å²) in [5.74, 6) is 0.653. The van der Waals surface area contributed by atoms with E-state index in [-0.39, 0.29) is 18.3 Å². The Labute approximate surface area is 142 Å². The average Bonchev–Trinajstić information content (AvgIpc) is 2.65. The van der Waals surface area contributed by atoms with E-state index < -0.39 is 0 Å². The van der Waals surface area contributed by atoms with Crippen molar-refractivity contribution in [3.8, 4) is 5.75 Å². The normalized spacial score (nSPS) is 13.3. The van der Waals surface area contributed by atoms with Gasteiger partial charge in [-0.25, -0.2) is 0 Å². The Kier molecular flexibility index (Phi) is 4.94. The van der Waals surface area contributed by atoms with Crippen LogP contribution in [0.2, 0.25) is 0 Å². The summed E-state index contributed by atoms with van der Waals surface area (Å²) in [5.41, 5.74) is 2.86. The van der Waals surface area contributed by atoms with E-state index in [9.17, 15) is 9.59 Å². The number of ether oxygens (including phenoxy) is 1. The minimum absolute atomic E-state index is 0.00456. The zero-order valence-electron chi connectivity index (χ0n) is 13.8. The molecule has 1 heterocycles. The SMILES string of the molecule is CCC(=O)c1ccc(OCC(=O)N2CCCc3ccccc32)cc1. The van der Waals surface area contributed by atoms with Crippen LogP contribution >= 0.6 is 0 Å². The standard InChI is InChI=1S/C20H21NO3/c1-2-19(22)16-9-11-17(12-10-16)24-14-20(23)21-13-5-7-15-6-3-4-8-18(15)21/h3-4,6,8-12H,2,5,7,13-14H2,1H3. The summed E-state index contributed by atoms with van der Waals surface area (Å²) < 4.78 is 5.60. The molecule has 1 aliphatic rings. The highest BCUT2D eigenvalue weighted by Gasteiger charge is 2.22. The number of hydrogen-bond acceptors (Lipinski definition) is 3. The van der Waals surface area contributed by atoms with Gasteiger partial charge >= 0.3 is 0 Å². The van der Waals surface area contributed by atoms with Gasteiger partial charge in [0.2, 0.25) is 0 Å². The quantitative estimate of drug-likeness (QED) is 0.789. The van der Waals surface area contributed by atoms with Crippen molar-refractivity contribution >= 4 is 17.4 Å². The van der Waals surface area contributed by atoms with Crippen LogP contribution in [0.3, 0.4) is 0 Å². The maximum absolute atomic E-state index is 12.5. The van der Waals surface area contributed by atoms with E-state index in [0.29, 0.717) is 17.7 Å². The van der Waals surface area contributed by atoms with Crippen LogP contribution in [0.5, 0.6) is 5.75 Å². The highest BCUT2D eigenvalue weighted by Crippen LogP contribution is 2.26.